The largest absolute Gasteiger partial charge is 0.378 e. The molecule has 20 heavy (non-hydrogen) atoms. The number of aromatic nitrogens is 2. The van der Waals surface area contributed by atoms with Crippen LogP contribution in [0.5, 0.6) is 0 Å². The number of H-pyrrole nitrogens is 1. The lowest BCUT2D eigenvalue weighted by Crippen LogP contribution is -2.10. The van der Waals surface area contributed by atoms with Crippen molar-refractivity contribution in [3.63, 3.8) is 0 Å². The van der Waals surface area contributed by atoms with Crippen molar-refractivity contribution in [3.05, 3.63) is 51.4 Å². The van der Waals surface area contributed by atoms with E-state index in [0.29, 0.717) is 5.69 Å². The Hall–Kier alpha value is -2.34. The number of nitrogens with one attached hydrogen (secondary N) is 2. The molecule has 1 aromatic heterocycles. The standard InChI is InChI=1S/C13H14ClN5O/c1-19(2)10-5-3-9(4-6-10)7-15-17-11-8-16-18-13(20)12(11)14/h3-8H,1-2H3,(H2,17,18,20)/b15-7+. The van der Waals surface area contributed by atoms with E-state index in [0.717, 1.165) is 11.3 Å². The minimum atomic E-state index is -0.456. The van der Waals surface area contributed by atoms with Crippen LogP contribution in [-0.2, 0) is 0 Å². The molecular weight excluding hydrogens is 278 g/mol. The SMILES string of the molecule is CN(C)c1ccc(/C=N/Nc2cn[nH]c(=O)c2Cl)cc1. The first-order chi connectivity index (χ1) is 9.58. The third-order valence-corrected chi connectivity index (χ3v) is 2.98. The molecule has 0 saturated heterocycles. The van der Waals surface area contributed by atoms with Gasteiger partial charge < -0.3 is 4.90 Å². The number of halogens is 1. The molecule has 0 radical (unpaired) electrons. The number of anilines is 2. The Kier molecular flexibility index (Phi) is 4.37. The monoisotopic (exact) mass is 291 g/mol. The number of rotatable bonds is 4. The molecule has 0 unspecified atom stereocenters. The summed E-state index contributed by atoms with van der Waals surface area (Å²) >= 11 is 5.80. The minimum absolute atomic E-state index is 0.0279. The number of aromatic amines is 1. The maximum Gasteiger partial charge on any atom is 0.285 e. The molecule has 0 amide bonds. The second kappa shape index (κ2) is 6.21. The summed E-state index contributed by atoms with van der Waals surface area (Å²) in [5, 5.41) is 9.92. The molecule has 0 atom stereocenters. The molecule has 0 fully saturated rings. The van der Waals surface area contributed by atoms with Crippen molar-refractivity contribution in [3.8, 4) is 0 Å². The number of hydrogen-bond acceptors (Lipinski definition) is 5. The van der Waals surface area contributed by atoms with Gasteiger partial charge >= 0.3 is 0 Å². The maximum absolute atomic E-state index is 11.2. The highest BCUT2D eigenvalue weighted by molar-refractivity contribution is 6.32. The maximum atomic E-state index is 11.2. The lowest BCUT2D eigenvalue weighted by Gasteiger charge is -2.11. The molecule has 7 heteroatoms. The van der Waals surface area contributed by atoms with Gasteiger partial charge in [-0.15, -0.1) is 0 Å². The summed E-state index contributed by atoms with van der Waals surface area (Å²) in [5.41, 5.74) is 4.62. The van der Waals surface area contributed by atoms with E-state index < -0.39 is 5.56 Å². The van der Waals surface area contributed by atoms with E-state index in [2.05, 4.69) is 20.7 Å². The van der Waals surface area contributed by atoms with Gasteiger partial charge in [-0.25, -0.2) is 5.10 Å². The van der Waals surface area contributed by atoms with Crippen LogP contribution in [0, 0.1) is 0 Å². The summed E-state index contributed by atoms with van der Waals surface area (Å²) < 4.78 is 0. The quantitative estimate of drug-likeness (QED) is 0.667. The van der Waals surface area contributed by atoms with E-state index in [1.165, 1.54) is 6.20 Å². The van der Waals surface area contributed by atoms with Crippen LogP contribution in [0.2, 0.25) is 5.02 Å². The molecule has 0 aliphatic carbocycles. The number of nitrogens with zero attached hydrogens (tertiary/aromatic N) is 3. The van der Waals surface area contributed by atoms with Crippen molar-refractivity contribution in [1.82, 2.24) is 10.2 Å². The van der Waals surface area contributed by atoms with E-state index in [-0.39, 0.29) is 5.02 Å². The molecule has 6 nitrogen and oxygen atoms in total. The summed E-state index contributed by atoms with van der Waals surface area (Å²) in [6.07, 6.45) is 3.03. The molecule has 2 N–H and O–H groups in total. The third kappa shape index (κ3) is 3.36. The summed E-state index contributed by atoms with van der Waals surface area (Å²) in [7, 11) is 3.96. The molecule has 2 aromatic rings. The van der Waals surface area contributed by atoms with E-state index in [1.807, 2.05) is 43.3 Å². The van der Waals surface area contributed by atoms with Gasteiger partial charge in [-0.1, -0.05) is 23.7 Å². The average molecular weight is 292 g/mol. The van der Waals surface area contributed by atoms with Gasteiger partial charge in [-0.2, -0.15) is 10.2 Å². The summed E-state index contributed by atoms with van der Waals surface area (Å²) in [6, 6.07) is 7.86. The van der Waals surface area contributed by atoms with Crippen molar-refractivity contribution < 1.29 is 0 Å². The van der Waals surface area contributed by atoms with Crippen LogP contribution in [0.15, 0.2) is 40.4 Å². The van der Waals surface area contributed by atoms with Crippen LogP contribution in [0.3, 0.4) is 0 Å². The molecular formula is C13H14ClN5O. The van der Waals surface area contributed by atoms with E-state index in [9.17, 15) is 4.79 Å². The van der Waals surface area contributed by atoms with Gasteiger partial charge in [0.1, 0.15) is 10.7 Å². The first-order valence-electron chi connectivity index (χ1n) is 5.87. The van der Waals surface area contributed by atoms with Gasteiger partial charge in [0.15, 0.2) is 0 Å². The smallest absolute Gasteiger partial charge is 0.285 e. The fraction of sp³-hybridized carbons (Fsp3) is 0.154. The fourth-order valence-electron chi connectivity index (χ4n) is 1.50. The topological polar surface area (TPSA) is 73.4 Å². The zero-order valence-corrected chi connectivity index (χ0v) is 11.8. The molecule has 0 saturated carbocycles. The van der Waals surface area contributed by atoms with Crippen LogP contribution in [0.25, 0.3) is 0 Å². The Morgan fingerprint density at radius 2 is 2.05 bits per heavy atom. The van der Waals surface area contributed by atoms with Crippen molar-refractivity contribution in [2.75, 3.05) is 24.4 Å². The second-order valence-electron chi connectivity index (χ2n) is 4.28. The molecule has 2 rings (SSSR count). The fourth-order valence-corrected chi connectivity index (χ4v) is 1.63. The Morgan fingerprint density at radius 3 is 2.70 bits per heavy atom. The average Bonchev–Trinajstić information content (AvgIpc) is 2.44. The molecule has 1 heterocycles. The first kappa shape index (κ1) is 14.1. The number of hydrogen-bond donors (Lipinski definition) is 2. The van der Waals surface area contributed by atoms with Crippen LogP contribution < -0.4 is 15.9 Å². The van der Waals surface area contributed by atoms with E-state index >= 15 is 0 Å². The van der Waals surface area contributed by atoms with Gasteiger partial charge in [0.05, 0.1) is 12.4 Å². The normalized spacial score (nSPS) is 10.8. The van der Waals surface area contributed by atoms with Crippen LogP contribution in [0.1, 0.15) is 5.56 Å². The third-order valence-electron chi connectivity index (χ3n) is 2.60. The number of hydrazone groups is 1. The van der Waals surface area contributed by atoms with Crippen LogP contribution in [-0.4, -0.2) is 30.5 Å². The molecule has 1 aromatic carbocycles. The van der Waals surface area contributed by atoms with Crippen LogP contribution >= 0.6 is 11.6 Å². The zero-order valence-electron chi connectivity index (χ0n) is 11.1. The zero-order chi connectivity index (χ0) is 14.5. The summed E-state index contributed by atoms with van der Waals surface area (Å²) in [4.78, 5) is 13.2. The Morgan fingerprint density at radius 1 is 1.35 bits per heavy atom. The van der Waals surface area contributed by atoms with Gasteiger partial charge in [0.2, 0.25) is 0 Å². The molecule has 104 valence electrons. The Bertz CT molecular complexity index is 663. The predicted molar refractivity (Wildman–Crippen MR) is 81.9 cm³/mol. The lowest BCUT2D eigenvalue weighted by molar-refractivity contribution is 0.987. The number of benzene rings is 1. The van der Waals surface area contributed by atoms with Crippen molar-refractivity contribution in [2.45, 2.75) is 0 Å². The molecule has 0 spiro atoms. The highest BCUT2D eigenvalue weighted by Crippen LogP contribution is 2.14. The van der Waals surface area contributed by atoms with Gasteiger partial charge in [0.25, 0.3) is 5.56 Å². The first-order valence-corrected chi connectivity index (χ1v) is 6.25. The Balaban J connectivity index is 2.06. The minimum Gasteiger partial charge on any atom is -0.378 e. The van der Waals surface area contributed by atoms with Crippen molar-refractivity contribution in [1.29, 1.82) is 0 Å². The van der Waals surface area contributed by atoms with E-state index in [1.54, 1.807) is 6.21 Å². The second-order valence-corrected chi connectivity index (χ2v) is 4.66. The highest BCUT2D eigenvalue weighted by atomic mass is 35.5. The van der Waals surface area contributed by atoms with E-state index in [4.69, 9.17) is 11.6 Å². The predicted octanol–water partition coefficient (Wildman–Crippen LogP) is 1.94. The molecule has 0 aliphatic heterocycles. The molecule has 0 bridgehead atoms. The molecule has 0 aliphatic rings. The van der Waals surface area contributed by atoms with Gasteiger partial charge in [0, 0.05) is 19.8 Å². The highest BCUT2D eigenvalue weighted by Gasteiger charge is 2.02. The van der Waals surface area contributed by atoms with Crippen LogP contribution in [0.4, 0.5) is 11.4 Å². The summed E-state index contributed by atoms with van der Waals surface area (Å²) in [6.45, 7) is 0. The van der Waals surface area contributed by atoms with Gasteiger partial charge in [-0.3, -0.25) is 10.2 Å². The van der Waals surface area contributed by atoms with Crippen molar-refractivity contribution >= 4 is 29.2 Å². The Labute approximate surface area is 121 Å². The summed E-state index contributed by atoms with van der Waals surface area (Å²) in [5.74, 6) is 0. The van der Waals surface area contributed by atoms with Gasteiger partial charge in [-0.05, 0) is 17.7 Å². The van der Waals surface area contributed by atoms with Crippen molar-refractivity contribution in [2.24, 2.45) is 5.10 Å². The lowest BCUT2D eigenvalue weighted by atomic mass is 10.2.